The first-order valence-corrected chi connectivity index (χ1v) is 6.86. The highest BCUT2D eigenvalue weighted by molar-refractivity contribution is 9.11. The summed E-state index contributed by atoms with van der Waals surface area (Å²) in [4.78, 5) is 0. The molecule has 0 heterocycles. The molecule has 0 spiro atoms. The molecule has 0 nitrogen and oxygen atoms in total. The highest BCUT2D eigenvalue weighted by Gasteiger charge is 2.23. The van der Waals surface area contributed by atoms with Crippen LogP contribution in [0.3, 0.4) is 0 Å². The summed E-state index contributed by atoms with van der Waals surface area (Å²) in [6.45, 7) is 5.22. The van der Waals surface area contributed by atoms with Crippen molar-refractivity contribution in [3.05, 3.63) is 10.2 Å². The minimum atomic E-state index is -2.03. The monoisotopic (exact) mass is 214 g/mol. The van der Waals surface area contributed by atoms with E-state index in [9.17, 15) is 8.78 Å². The van der Waals surface area contributed by atoms with Crippen LogP contribution in [-0.4, -0.2) is 8.07 Å². The Hall–Kier alpha value is 0.297. The fourth-order valence-corrected chi connectivity index (χ4v) is 2.63. The summed E-state index contributed by atoms with van der Waals surface area (Å²) in [5.41, 5.74) is -0.609. The van der Waals surface area contributed by atoms with Gasteiger partial charge in [0.2, 0.25) is 0 Å². The van der Waals surface area contributed by atoms with E-state index in [1.807, 2.05) is 0 Å². The fourth-order valence-electron chi connectivity index (χ4n) is 0.283. The molecule has 0 bridgehead atoms. The number of hydrogen-bond donors (Lipinski definition) is 0. The van der Waals surface area contributed by atoms with Crippen LogP contribution in [0.4, 0.5) is 8.78 Å². The molecule has 0 aromatic heterocycles. The van der Waals surface area contributed by atoms with Crippen molar-refractivity contribution in [2.75, 3.05) is 0 Å². The van der Waals surface area contributed by atoms with E-state index >= 15 is 0 Å². The van der Waals surface area contributed by atoms with E-state index < -0.39 is 18.3 Å². The van der Waals surface area contributed by atoms with Gasteiger partial charge in [-0.3, -0.25) is 0 Å². The molecule has 0 aliphatic rings. The van der Waals surface area contributed by atoms with Crippen molar-refractivity contribution in [3.8, 4) is 0 Å². The fraction of sp³-hybridized carbons (Fsp3) is 0.600. The van der Waals surface area contributed by atoms with Crippen molar-refractivity contribution in [2.24, 2.45) is 0 Å². The molecule has 0 aliphatic carbocycles. The van der Waals surface area contributed by atoms with Crippen LogP contribution in [-0.2, 0) is 0 Å². The molecule has 0 unspecified atom stereocenters. The van der Waals surface area contributed by atoms with E-state index in [1.54, 1.807) is 19.6 Å². The van der Waals surface area contributed by atoms with Gasteiger partial charge in [-0.2, -0.15) is 4.39 Å². The lowest BCUT2D eigenvalue weighted by atomic mass is 11.1. The van der Waals surface area contributed by atoms with E-state index in [0.29, 0.717) is 0 Å². The zero-order valence-corrected chi connectivity index (χ0v) is 8.22. The molecule has 0 amide bonds. The number of rotatable bonds is 1. The molecule has 4 heteroatoms. The lowest BCUT2D eigenvalue weighted by molar-refractivity contribution is 0.608. The second-order valence-corrected chi connectivity index (χ2v) is 8.46. The molecule has 0 fully saturated rings. The quantitative estimate of drug-likeness (QED) is 0.588. The third-order valence-corrected chi connectivity index (χ3v) is 3.07. The smallest absolute Gasteiger partial charge is 0.192 e. The molecule has 0 atom stereocenters. The average Bonchev–Trinajstić information content (AvgIpc) is 1.62. The number of hydrogen-bond acceptors (Lipinski definition) is 0. The van der Waals surface area contributed by atoms with Gasteiger partial charge < -0.3 is 0 Å². The van der Waals surface area contributed by atoms with Crippen LogP contribution in [0, 0.1) is 0 Å². The van der Waals surface area contributed by atoms with Crippen LogP contribution in [0.15, 0.2) is 10.2 Å². The van der Waals surface area contributed by atoms with Gasteiger partial charge in [-0.25, -0.2) is 4.39 Å². The molecule has 0 radical (unpaired) electrons. The second kappa shape index (κ2) is 2.92. The van der Waals surface area contributed by atoms with Crippen LogP contribution in [0.1, 0.15) is 0 Å². The molecule has 0 aliphatic heterocycles. The van der Waals surface area contributed by atoms with Crippen LogP contribution >= 0.6 is 15.9 Å². The van der Waals surface area contributed by atoms with Gasteiger partial charge in [-0.1, -0.05) is 19.6 Å². The van der Waals surface area contributed by atoms with Crippen molar-refractivity contribution in [3.63, 3.8) is 0 Å². The zero-order chi connectivity index (χ0) is 7.65. The van der Waals surface area contributed by atoms with Crippen molar-refractivity contribution in [1.82, 2.24) is 0 Å². The lowest BCUT2D eigenvalue weighted by Crippen LogP contribution is -2.21. The first-order chi connectivity index (χ1) is 3.85. The van der Waals surface area contributed by atoms with Crippen molar-refractivity contribution >= 4 is 24.0 Å². The summed E-state index contributed by atoms with van der Waals surface area (Å²) in [5, 5.41) is 0. The van der Waals surface area contributed by atoms with Crippen molar-refractivity contribution in [2.45, 2.75) is 19.6 Å². The van der Waals surface area contributed by atoms with Gasteiger partial charge in [-0.05, 0) is 15.9 Å². The molecule has 0 rings (SSSR count). The third kappa shape index (κ3) is 3.10. The maximum absolute atomic E-state index is 12.6. The van der Waals surface area contributed by atoms with E-state index in [4.69, 9.17) is 0 Å². The third-order valence-electron chi connectivity index (χ3n) is 0.824. The van der Waals surface area contributed by atoms with Gasteiger partial charge in [0.05, 0.1) is 0 Å². The van der Waals surface area contributed by atoms with Crippen molar-refractivity contribution < 1.29 is 8.78 Å². The Bertz CT molecular complexity index is 132. The standard InChI is InChI=1S/C5H9BrF2Si/c1-9(2,3)5(8)4(6)7/h1-3H3/b5-4-. The molecule has 9 heavy (non-hydrogen) atoms. The first kappa shape index (κ1) is 9.30. The Kier molecular flexibility index (Phi) is 3.02. The van der Waals surface area contributed by atoms with E-state index in [0.717, 1.165) is 0 Å². The number of halogens is 3. The van der Waals surface area contributed by atoms with E-state index in [-0.39, 0.29) is 0 Å². The Labute approximate surface area is 63.1 Å². The molecule has 54 valence electrons. The molecular formula is C5H9BrF2Si. The highest BCUT2D eigenvalue weighted by Crippen LogP contribution is 2.23. The van der Waals surface area contributed by atoms with Crippen LogP contribution in [0.25, 0.3) is 0 Å². The average molecular weight is 215 g/mol. The lowest BCUT2D eigenvalue weighted by Gasteiger charge is -2.11. The largest absolute Gasteiger partial charge is 0.214 e. The summed E-state index contributed by atoms with van der Waals surface area (Å²) in [6.07, 6.45) is 0. The predicted octanol–water partition coefficient (Wildman–Crippen LogP) is 3.37. The Morgan fingerprint density at radius 1 is 1.22 bits per heavy atom. The first-order valence-electron chi connectivity index (χ1n) is 2.57. The summed E-state index contributed by atoms with van der Waals surface area (Å²) in [5.74, 6) is 0. The summed E-state index contributed by atoms with van der Waals surface area (Å²) in [7, 11) is -2.03. The SMILES string of the molecule is C[Si](C)(C)/C(F)=C(\F)Br. The van der Waals surface area contributed by atoms with Crippen LogP contribution in [0.2, 0.25) is 19.6 Å². The molecule has 0 saturated heterocycles. The van der Waals surface area contributed by atoms with Gasteiger partial charge in [0.25, 0.3) is 0 Å². The molecular weight excluding hydrogens is 206 g/mol. The Morgan fingerprint density at radius 2 is 1.56 bits per heavy atom. The molecule has 0 N–H and O–H groups in total. The van der Waals surface area contributed by atoms with E-state index in [2.05, 4.69) is 15.9 Å². The molecule has 0 aromatic rings. The van der Waals surface area contributed by atoms with Gasteiger partial charge in [0.1, 0.15) is 13.5 Å². The highest BCUT2D eigenvalue weighted by atomic mass is 79.9. The summed E-state index contributed by atoms with van der Waals surface area (Å²) in [6, 6.07) is 0. The van der Waals surface area contributed by atoms with Gasteiger partial charge in [0.15, 0.2) is 4.74 Å². The van der Waals surface area contributed by atoms with Crippen molar-refractivity contribution in [1.29, 1.82) is 0 Å². The van der Waals surface area contributed by atoms with Crippen LogP contribution < -0.4 is 0 Å². The van der Waals surface area contributed by atoms with Crippen LogP contribution in [0.5, 0.6) is 0 Å². The minimum Gasteiger partial charge on any atom is -0.214 e. The van der Waals surface area contributed by atoms with Gasteiger partial charge in [-0.15, -0.1) is 0 Å². The maximum atomic E-state index is 12.6. The van der Waals surface area contributed by atoms with E-state index in [1.165, 1.54) is 0 Å². The van der Waals surface area contributed by atoms with Gasteiger partial charge >= 0.3 is 0 Å². The molecule has 0 saturated carbocycles. The molecule has 0 aromatic carbocycles. The minimum absolute atomic E-state index is 0.609. The topological polar surface area (TPSA) is 0 Å². The summed E-state index contributed by atoms with van der Waals surface area (Å²) >= 11 is 2.45. The normalized spacial score (nSPS) is 15.3. The maximum Gasteiger partial charge on any atom is 0.192 e. The van der Waals surface area contributed by atoms with Gasteiger partial charge in [0, 0.05) is 0 Å². The zero-order valence-electron chi connectivity index (χ0n) is 5.63. The predicted molar refractivity (Wildman–Crippen MR) is 41.5 cm³/mol. The Morgan fingerprint density at radius 3 is 1.56 bits per heavy atom. The summed E-state index contributed by atoms with van der Waals surface area (Å²) < 4.78 is 23.8. The Balaban J connectivity index is 4.40. The second-order valence-electron chi connectivity index (χ2n) is 2.82.